The average Bonchev–Trinajstić information content (AvgIpc) is 3.19. The molecule has 0 atom stereocenters. The van der Waals surface area contributed by atoms with E-state index in [2.05, 4.69) is 15.4 Å². The number of nitrogens with one attached hydrogen (secondary N) is 1. The first-order valence-electron chi connectivity index (χ1n) is 8.64. The van der Waals surface area contributed by atoms with Gasteiger partial charge in [-0.1, -0.05) is 11.3 Å². The summed E-state index contributed by atoms with van der Waals surface area (Å²) in [4.78, 5) is 0. The lowest BCUT2D eigenvalue weighted by Gasteiger charge is -2.17. The molecule has 1 N–H and O–H groups in total. The molecule has 0 aliphatic carbocycles. The number of hydrogen-bond acceptors (Lipinski definition) is 4. The van der Waals surface area contributed by atoms with Gasteiger partial charge in [-0.2, -0.15) is 44.8 Å². The second kappa shape index (κ2) is 8.30. The van der Waals surface area contributed by atoms with Crippen LogP contribution in [0.5, 0.6) is 5.75 Å². The molecule has 3 aromatic rings. The molecule has 33 heavy (non-hydrogen) atoms. The van der Waals surface area contributed by atoms with Crippen molar-refractivity contribution in [2.75, 3.05) is 0 Å². The fourth-order valence-electron chi connectivity index (χ4n) is 2.79. The highest BCUT2D eigenvalue weighted by Crippen LogP contribution is 2.39. The van der Waals surface area contributed by atoms with Crippen molar-refractivity contribution in [1.82, 2.24) is 15.4 Å². The molecule has 174 valence electrons. The van der Waals surface area contributed by atoms with Gasteiger partial charge in [0, 0.05) is 11.1 Å². The number of aromatic amines is 1. The molecule has 0 saturated heterocycles. The van der Waals surface area contributed by atoms with Crippen LogP contribution in [0.1, 0.15) is 27.9 Å². The number of halogens is 9. The predicted molar refractivity (Wildman–Crippen MR) is 92.3 cm³/mol. The standard InChI is InChI=1S/C19H9F9N4O/c20-17(21,22)11-2-1-9(14(6-11)19(26,27)28)8-33-13-4-10(3-12(5-13)18(23,24)25)16-15(7-29)30-32-31-16/h1-6H,8H2,(H,30,31,32). The van der Waals surface area contributed by atoms with Crippen LogP contribution in [0.25, 0.3) is 11.3 Å². The van der Waals surface area contributed by atoms with Crippen LogP contribution in [0.4, 0.5) is 39.5 Å². The van der Waals surface area contributed by atoms with Crippen LogP contribution in [0.15, 0.2) is 36.4 Å². The van der Waals surface area contributed by atoms with E-state index in [0.29, 0.717) is 24.3 Å². The maximum atomic E-state index is 13.3. The monoisotopic (exact) mass is 480 g/mol. The Morgan fingerprint density at radius 1 is 0.848 bits per heavy atom. The van der Waals surface area contributed by atoms with Crippen LogP contribution >= 0.6 is 0 Å². The smallest absolute Gasteiger partial charge is 0.416 e. The Bertz CT molecular complexity index is 1200. The predicted octanol–water partition coefficient (Wildman–Crippen LogP) is 5.98. The third kappa shape index (κ3) is 5.36. The summed E-state index contributed by atoms with van der Waals surface area (Å²) in [6.45, 7) is -0.988. The Hall–Kier alpha value is -3.76. The summed E-state index contributed by atoms with van der Waals surface area (Å²) in [5.41, 5.74) is -5.99. The van der Waals surface area contributed by atoms with E-state index in [4.69, 9.17) is 10.00 Å². The van der Waals surface area contributed by atoms with Gasteiger partial charge in [-0.3, -0.25) is 0 Å². The number of ether oxygens (including phenoxy) is 1. The Morgan fingerprint density at radius 3 is 2.09 bits per heavy atom. The van der Waals surface area contributed by atoms with E-state index in [-0.39, 0.29) is 23.0 Å². The van der Waals surface area contributed by atoms with Gasteiger partial charge in [0.25, 0.3) is 0 Å². The molecule has 1 heterocycles. The normalized spacial score (nSPS) is 12.5. The summed E-state index contributed by atoms with van der Waals surface area (Å²) < 4.78 is 123. The van der Waals surface area contributed by atoms with Crippen LogP contribution < -0.4 is 4.74 Å². The first-order valence-corrected chi connectivity index (χ1v) is 8.64. The van der Waals surface area contributed by atoms with E-state index in [9.17, 15) is 39.5 Å². The summed E-state index contributed by atoms with van der Waals surface area (Å²) in [7, 11) is 0. The van der Waals surface area contributed by atoms with Gasteiger partial charge in [-0.15, -0.1) is 5.10 Å². The second-order valence-electron chi connectivity index (χ2n) is 6.55. The highest BCUT2D eigenvalue weighted by molar-refractivity contribution is 5.67. The first kappa shape index (κ1) is 23.9. The molecular formula is C19H9F9N4O. The summed E-state index contributed by atoms with van der Waals surface area (Å²) in [6, 6.07) is 4.56. The van der Waals surface area contributed by atoms with Gasteiger partial charge in [0.1, 0.15) is 24.1 Å². The fourth-order valence-corrected chi connectivity index (χ4v) is 2.79. The molecule has 0 aliphatic heterocycles. The largest absolute Gasteiger partial charge is 0.489 e. The Labute approximate surface area is 178 Å². The number of aromatic nitrogens is 3. The zero-order valence-electron chi connectivity index (χ0n) is 15.8. The van der Waals surface area contributed by atoms with Crippen molar-refractivity contribution >= 4 is 0 Å². The number of rotatable bonds is 4. The molecule has 0 saturated carbocycles. The molecule has 1 aromatic heterocycles. The van der Waals surface area contributed by atoms with Crippen molar-refractivity contribution in [3.63, 3.8) is 0 Å². The third-order valence-electron chi connectivity index (χ3n) is 4.30. The molecule has 14 heteroatoms. The molecule has 0 spiro atoms. The zero-order chi connectivity index (χ0) is 24.6. The minimum absolute atomic E-state index is 0.106. The lowest BCUT2D eigenvalue weighted by atomic mass is 10.0. The van der Waals surface area contributed by atoms with Crippen LogP contribution in [-0.2, 0) is 25.1 Å². The van der Waals surface area contributed by atoms with Crippen molar-refractivity contribution in [2.24, 2.45) is 0 Å². The van der Waals surface area contributed by atoms with E-state index in [1.807, 2.05) is 0 Å². The Balaban J connectivity index is 2.01. The Morgan fingerprint density at radius 2 is 1.52 bits per heavy atom. The third-order valence-corrected chi connectivity index (χ3v) is 4.30. The molecule has 0 aliphatic rings. The number of nitrogens with zero attached hydrogens (tertiary/aromatic N) is 3. The number of benzene rings is 2. The molecule has 0 radical (unpaired) electrons. The lowest BCUT2D eigenvalue weighted by molar-refractivity contribution is -0.143. The molecule has 0 unspecified atom stereocenters. The van der Waals surface area contributed by atoms with Crippen molar-refractivity contribution in [3.8, 4) is 23.1 Å². The van der Waals surface area contributed by atoms with Crippen molar-refractivity contribution in [1.29, 1.82) is 5.26 Å². The van der Waals surface area contributed by atoms with Crippen LogP contribution in [0.3, 0.4) is 0 Å². The van der Waals surface area contributed by atoms with E-state index >= 15 is 0 Å². The van der Waals surface area contributed by atoms with Gasteiger partial charge in [-0.25, -0.2) is 5.10 Å². The van der Waals surface area contributed by atoms with Crippen LogP contribution in [0, 0.1) is 11.3 Å². The van der Waals surface area contributed by atoms with Gasteiger partial charge in [0.2, 0.25) is 0 Å². The number of hydrogen-bond donors (Lipinski definition) is 1. The van der Waals surface area contributed by atoms with Gasteiger partial charge in [-0.05, 0) is 30.3 Å². The first-order chi connectivity index (χ1) is 15.2. The topological polar surface area (TPSA) is 74.6 Å². The Kier molecular flexibility index (Phi) is 6.01. The van der Waals surface area contributed by atoms with Crippen molar-refractivity contribution in [3.05, 3.63) is 64.3 Å². The van der Waals surface area contributed by atoms with Crippen molar-refractivity contribution < 1.29 is 44.3 Å². The highest BCUT2D eigenvalue weighted by Gasteiger charge is 2.38. The van der Waals surface area contributed by atoms with Crippen LogP contribution in [-0.4, -0.2) is 15.4 Å². The number of H-pyrrole nitrogens is 1. The van der Waals surface area contributed by atoms with Gasteiger partial charge < -0.3 is 4.74 Å². The van der Waals surface area contributed by atoms with E-state index in [1.54, 1.807) is 6.07 Å². The fraction of sp³-hybridized carbons (Fsp3) is 0.211. The quantitative estimate of drug-likeness (QED) is 0.467. The molecular weight excluding hydrogens is 471 g/mol. The molecule has 2 aromatic carbocycles. The highest BCUT2D eigenvalue weighted by atomic mass is 19.4. The van der Waals surface area contributed by atoms with Gasteiger partial charge >= 0.3 is 18.5 Å². The van der Waals surface area contributed by atoms with Gasteiger partial charge in [0.05, 0.1) is 16.7 Å². The van der Waals surface area contributed by atoms with Gasteiger partial charge in [0.15, 0.2) is 5.69 Å². The molecule has 0 bridgehead atoms. The van der Waals surface area contributed by atoms with Crippen LogP contribution in [0.2, 0.25) is 0 Å². The maximum absolute atomic E-state index is 13.3. The summed E-state index contributed by atoms with van der Waals surface area (Å²) in [5.74, 6) is -0.556. The number of nitriles is 1. The van der Waals surface area contributed by atoms with E-state index in [1.165, 1.54) is 0 Å². The summed E-state index contributed by atoms with van der Waals surface area (Å²) >= 11 is 0. The number of alkyl halides is 9. The van der Waals surface area contributed by atoms with E-state index < -0.39 is 53.1 Å². The molecule has 5 nitrogen and oxygen atoms in total. The summed E-state index contributed by atoms with van der Waals surface area (Å²) in [6.07, 6.45) is -15.1. The molecule has 0 amide bonds. The summed E-state index contributed by atoms with van der Waals surface area (Å²) in [5, 5.41) is 18.0. The van der Waals surface area contributed by atoms with E-state index in [0.717, 1.165) is 6.07 Å². The molecule has 3 rings (SSSR count). The van der Waals surface area contributed by atoms with Crippen molar-refractivity contribution in [2.45, 2.75) is 25.1 Å². The zero-order valence-corrected chi connectivity index (χ0v) is 15.8. The minimum Gasteiger partial charge on any atom is -0.489 e. The minimum atomic E-state index is -5.18. The maximum Gasteiger partial charge on any atom is 0.416 e. The lowest BCUT2D eigenvalue weighted by Crippen LogP contribution is -2.14. The average molecular weight is 480 g/mol. The molecule has 0 fully saturated rings. The second-order valence-corrected chi connectivity index (χ2v) is 6.55. The SMILES string of the molecule is N#Cc1[nH]nnc1-c1cc(OCc2ccc(C(F)(F)F)cc2C(F)(F)F)cc(C(F)(F)F)c1.